The molecule has 0 fully saturated rings. The van der Waals surface area contributed by atoms with Crippen LogP contribution in [-0.4, -0.2) is 10.9 Å². The van der Waals surface area contributed by atoms with Gasteiger partial charge in [-0.1, -0.05) is 11.6 Å². The fourth-order valence-corrected chi connectivity index (χ4v) is 1.67. The van der Waals surface area contributed by atoms with Crippen LogP contribution in [0.3, 0.4) is 0 Å². The fraction of sp³-hybridized carbons (Fsp3) is 0.0769. The predicted octanol–water partition coefficient (Wildman–Crippen LogP) is 3.43. The van der Waals surface area contributed by atoms with Gasteiger partial charge in [-0.25, -0.2) is 4.39 Å². The van der Waals surface area contributed by atoms with Crippen molar-refractivity contribution in [1.82, 2.24) is 4.98 Å². The van der Waals surface area contributed by atoms with E-state index in [1.165, 1.54) is 12.1 Å². The van der Waals surface area contributed by atoms with Crippen LogP contribution in [0.4, 0.5) is 10.1 Å². The molecule has 92 valence electrons. The van der Waals surface area contributed by atoms with Crippen molar-refractivity contribution in [2.75, 3.05) is 5.32 Å². The zero-order chi connectivity index (χ0) is 13.1. The molecule has 0 saturated carbocycles. The number of benzene rings is 1. The molecule has 5 heteroatoms. The minimum absolute atomic E-state index is 0.0861. The third-order valence-electron chi connectivity index (χ3n) is 2.33. The van der Waals surface area contributed by atoms with Crippen LogP contribution in [0.5, 0.6) is 0 Å². The van der Waals surface area contributed by atoms with Gasteiger partial charge in [0, 0.05) is 22.6 Å². The molecule has 3 nitrogen and oxygen atoms in total. The number of nitrogens with zero attached hydrogens (tertiary/aromatic N) is 1. The van der Waals surface area contributed by atoms with Gasteiger partial charge in [0.15, 0.2) is 0 Å². The Morgan fingerprint density at radius 1 is 1.33 bits per heavy atom. The average molecular weight is 265 g/mol. The first-order valence-electron chi connectivity index (χ1n) is 5.25. The van der Waals surface area contributed by atoms with Crippen LogP contribution >= 0.6 is 11.6 Å². The second-order valence-corrected chi connectivity index (χ2v) is 4.20. The molecule has 0 spiro atoms. The number of rotatable bonds is 2. The number of amides is 1. The largest absolute Gasteiger partial charge is 0.322 e. The number of nitrogens with one attached hydrogen (secondary N) is 1. The molecule has 0 aliphatic heterocycles. The van der Waals surface area contributed by atoms with Gasteiger partial charge in [0.1, 0.15) is 5.82 Å². The Hall–Kier alpha value is -1.94. The highest BCUT2D eigenvalue weighted by Crippen LogP contribution is 2.17. The van der Waals surface area contributed by atoms with Crippen molar-refractivity contribution in [2.24, 2.45) is 0 Å². The number of halogens is 2. The number of hydrogen-bond donors (Lipinski definition) is 1. The summed E-state index contributed by atoms with van der Waals surface area (Å²) in [6, 6.07) is 7.17. The second-order valence-electron chi connectivity index (χ2n) is 3.76. The number of anilines is 1. The Morgan fingerprint density at radius 2 is 2.11 bits per heavy atom. The number of pyridine rings is 1. The minimum atomic E-state index is -0.609. The molecular weight excluding hydrogens is 255 g/mol. The summed E-state index contributed by atoms with van der Waals surface area (Å²) in [5, 5.41) is 2.90. The molecule has 0 aliphatic carbocycles. The number of carbonyl (C=O) groups is 1. The molecular formula is C13H10ClFN2O. The Morgan fingerprint density at radius 3 is 2.83 bits per heavy atom. The summed E-state index contributed by atoms with van der Waals surface area (Å²) in [6.07, 6.45) is 1.57. The normalized spacial score (nSPS) is 10.2. The highest BCUT2D eigenvalue weighted by atomic mass is 35.5. The zero-order valence-corrected chi connectivity index (χ0v) is 10.3. The van der Waals surface area contributed by atoms with Crippen molar-refractivity contribution in [3.63, 3.8) is 0 Å². The van der Waals surface area contributed by atoms with Crippen LogP contribution < -0.4 is 5.32 Å². The van der Waals surface area contributed by atoms with Crippen LogP contribution in [-0.2, 0) is 0 Å². The van der Waals surface area contributed by atoms with Crippen molar-refractivity contribution in [3.05, 3.63) is 58.6 Å². The van der Waals surface area contributed by atoms with E-state index in [-0.39, 0.29) is 5.56 Å². The van der Waals surface area contributed by atoms with E-state index in [1.807, 2.05) is 0 Å². The van der Waals surface area contributed by atoms with Gasteiger partial charge < -0.3 is 5.32 Å². The Balaban J connectivity index is 2.24. The molecule has 0 bridgehead atoms. The summed E-state index contributed by atoms with van der Waals surface area (Å²) in [5.41, 5.74) is 1.24. The summed E-state index contributed by atoms with van der Waals surface area (Å²) in [5.74, 6) is -1.15. The third kappa shape index (κ3) is 2.84. The van der Waals surface area contributed by atoms with E-state index < -0.39 is 11.7 Å². The van der Waals surface area contributed by atoms with E-state index >= 15 is 0 Å². The maximum absolute atomic E-state index is 13.5. The minimum Gasteiger partial charge on any atom is -0.322 e. The van der Waals surface area contributed by atoms with Crippen molar-refractivity contribution in [3.8, 4) is 0 Å². The summed E-state index contributed by atoms with van der Waals surface area (Å²) in [4.78, 5) is 15.9. The Kier molecular flexibility index (Phi) is 3.58. The number of hydrogen-bond acceptors (Lipinski definition) is 2. The maximum Gasteiger partial charge on any atom is 0.258 e. The van der Waals surface area contributed by atoms with Gasteiger partial charge in [-0.2, -0.15) is 0 Å². The smallest absolute Gasteiger partial charge is 0.258 e. The lowest BCUT2D eigenvalue weighted by Crippen LogP contribution is -2.13. The van der Waals surface area contributed by atoms with Gasteiger partial charge in [-0.15, -0.1) is 0 Å². The highest BCUT2D eigenvalue weighted by molar-refractivity contribution is 6.31. The topological polar surface area (TPSA) is 42.0 Å². The van der Waals surface area contributed by atoms with Crippen molar-refractivity contribution >= 4 is 23.2 Å². The second kappa shape index (κ2) is 5.14. The van der Waals surface area contributed by atoms with Crippen LogP contribution in [0.1, 0.15) is 16.1 Å². The van der Waals surface area contributed by atoms with Gasteiger partial charge >= 0.3 is 0 Å². The first-order chi connectivity index (χ1) is 8.56. The lowest BCUT2D eigenvalue weighted by molar-refractivity contribution is 0.102. The number of aromatic nitrogens is 1. The van der Waals surface area contributed by atoms with E-state index in [1.54, 1.807) is 25.3 Å². The lowest BCUT2D eigenvalue weighted by atomic mass is 10.2. The molecule has 0 unspecified atom stereocenters. The molecule has 18 heavy (non-hydrogen) atoms. The molecule has 1 heterocycles. The molecule has 1 aromatic heterocycles. The molecule has 1 aromatic carbocycles. The fourth-order valence-electron chi connectivity index (χ4n) is 1.49. The van der Waals surface area contributed by atoms with Gasteiger partial charge in [0.25, 0.3) is 5.91 Å². The van der Waals surface area contributed by atoms with E-state index in [2.05, 4.69) is 10.3 Å². The van der Waals surface area contributed by atoms with E-state index in [9.17, 15) is 9.18 Å². The quantitative estimate of drug-likeness (QED) is 0.903. The van der Waals surface area contributed by atoms with Crippen molar-refractivity contribution < 1.29 is 9.18 Å². The van der Waals surface area contributed by atoms with E-state index in [0.29, 0.717) is 10.7 Å². The first kappa shape index (κ1) is 12.5. The summed E-state index contributed by atoms with van der Waals surface area (Å²) in [6.45, 7) is 1.80. The molecule has 1 amide bonds. The van der Waals surface area contributed by atoms with E-state index in [0.717, 1.165) is 11.8 Å². The average Bonchev–Trinajstić information content (AvgIpc) is 2.32. The van der Waals surface area contributed by atoms with Gasteiger partial charge in [-0.05, 0) is 37.3 Å². The highest BCUT2D eigenvalue weighted by Gasteiger charge is 2.12. The monoisotopic (exact) mass is 264 g/mol. The predicted molar refractivity (Wildman–Crippen MR) is 68.3 cm³/mol. The molecule has 0 atom stereocenters. The van der Waals surface area contributed by atoms with Crippen LogP contribution in [0.15, 0.2) is 36.5 Å². The Labute approximate surface area is 109 Å². The lowest BCUT2D eigenvalue weighted by Gasteiger charge is -2.06. The summed E-state index contributed by atoms with van der Waals surface area (Å²) < 4.78 is 13.5. The standard InChI is InChI=1S/C13H10ClFN2O/c1-8-6-10(4-5-16-8)17-13(18)11-7-9(14)2-3-12(11)15/h2-7H,1H3,(H,16,17,18). The molecule has 0 radical (unpaired) electrons. The number of aryl methyl sites for hydroxylation is 1. The maximum atomic E-state index is 13.5. The number of carbonyl (C=O) groups excluding carboxylic acids is 1. The Bertz CT molecular complexity index is 601. The first-order valence-corrected chi connectivity index (χ1v) is 5.63. The molecule has 2 aromatic rings. The van der Waals surface area contributed by atoms with Crippen LogP contribution in [0, 0.1) is 12.7 Å². The van der Waals surface area contributed by atoms with Gasteiger partial charge in [0.05, 0.1) is 5.56 Å². The van der Waals surface area contributed by atoms with Gasteiger partial charge in [-0.3, -0.25) is 9.78 Å². The van der Waals surface area contributed by atoms with Gasteiger partial charge in [0.2, 0.25) is 0 Å². The SMILES string of the molecule is Cc1cc(NC(=O)c2cc(Cl)ccc2F)ccn1. The third-order valence-corrected chi connectivity index (χ3v) is 2.56. The van der Waals surface area contributed by atoms with Crippen molar-refractivity contribution in [1.29, 1.82) is 0 Å². The molecule has 0 saturated heterocycles. The zero-order valence-electron chi connectivity index (χ0n) is 9.58. The molecule has 0 aliphatic rings. The molecule has 1 N–H and O–H groups in total. The van der Waals surface area contributed by atoms with Crippen molar-refractivity contribution in [2.45, 2.75) is 6.92 Å². The summed E-state index contributed by atoms with van der Waals surface area (Å²) >= 11 is 5.73. The molecule has 2 rings (SSSR count). The van der Waals surface area contributed by atoms with Crippen LogP contribution in [0.25, 0.3) is 0 Å². The van der Waals surface area contributed by atoms with E-state index in [4.69, 9.17) is 11.6 Å². The summed E-state index contributed by atoms with van der Waals surface area (Å²) in [7, 11) is 0. The van der Waals surface area contributed by atoms with Crippen LogP contribution in [0.2, 0.25) is 5.02 Å².